The minimum Gasteiger partial charge on any atom is -0.406 e. The number of rotatable bonds is 4. The molecule has 0 aliphatic heterocycles. The van der Waals surface area contributed by atoms with E-state index in [0.29, 0.717) is 0 Å². The number of benzene rings is 2. The molecule has 2 aromatic carbocycles. The number of aromatic amines is 1. The zero-order valence-corrected chi connectivity index (χ0v) is 12.9. The van der Waals surface area contributed by atoms with Crippen LogP contribution in [0.2, 0.25) is 0 Å². The predicted molar refractivity (Wildman–Crippen MR) is 85.1 cm³/mol. The van der Waals surface area contributed by atoms with Gasteiger partial charge in [0.25, 0.3) is 0 Å². The van der Waals surface area contributed by atoms with Gasteiger partial charge < -0.3 is 9.26 Å². The van der Waals surface area contributed by atoms with Crippen LogP contribution in [0.15, 0.2) is 62.8 Å². The van der Waals surface area contributed by atoms with E-state index in [4.69, 9.17) is 0 Å². The van der Waals surface area contributed by atoms with Gasteiger partial charge in [0.15, 0.2) is 0 Å². The molecule has 0 atom stereocenters. The molecule has 0 spiro atoms. The maximum atomic E-state index is 13.9. The van der Waals surface area contributed by atoms with Crippen molar-refractivity contribution in [1.82, 2.24) is 5.16 Å². The number of alkyl halides is 3. The molecule has 1 heterocycles. The second-order valence-corrected chi connectivity index (χ2v) is 5.06. The molecule has 134 valence electrons. The van der Waals surface area contributed by atoms with E-state index in [-0.39, 0.29) is 22.5 Å². The molecule has 3 aromatic rings. The van der Waals surface area contributed by atoms with E-state index >= 15 is 0 Å². The van der Waals surface area contributed by atoms with E-state index in [1.54, 1.807) is 6.07 Å². The zero-order valence-electron chi connectivity index (χ0n) is 12.9. The fraction of sp³-hybridized carbons (Fsp3) is 0.0588. The number of aromatic nitrogens is 1. The van der Waals surface area contributed by atoms with Crippen molar-refractivity contribution >= 4 is 11.9 Å². The molecule has 0 fully saturated rings. The van der Waals surface area contributed by atoms with Crippen LogP contribution in [0.3, 0.4) is 0 Å². The van der Waals surface area contributed by atoms with Gasteiger partial charge in [0.2, 0.25) is 0 Å². The molecule has 0 radical (unpaired) electrons. The van der Waals surface area contributed by atoms with Gasteiger partial charge >= 0.3 is 12.0 Å². The summed E-state index contributed by atoms with van der Waals surface area (Å²) in [5.74, 6) is -0.961. The van der Waals surface area contributed by atoms with Gasteiger partial charge in [-0.05, 0) is 36.4 Å². The first kappa shape index (κ1) is 17.5. The van der Waals surface area contributed by atoms with Crippen LogP contribution in [0.4, 0.5) is 23.2 Å². The number of nitrogens with zero attached hydrogens (tertiary/aromatic N) is 1. The Kier molecular flexibility index (Phi) is 4.61. The number of H-pyrrole nitrogens is 1. The Morgan fingerprint density at radius 3 is 2.42 bits per heavy atom. The first-order valence-corrected chi connectivity index (χ1v) is 7.20. The highest BCUT2D eigenvalue weighted by molar-refractivity contribution is 5.89. The lowest BCUT2D eigenvalue weighted by molar-refractivity contribution is -0.274. The average Bonchev–Trinajstić information content (AvgIpc) is 2.94. The molecule has 0 aliphatic carbocycles. The average molecular weight is 366 g/mol. The van der Waals surface area contributed by atoms with Gasteiger partial charge in [-0.3, -0.25) is 4.99 Å². The third kappa shape index (κ3) is 4.00. The van der Waals surface area contributed by atoms with E-state index in [1.807, 2.05) is 0 Å². The second-order valence-electron chi connectivity index (χ2n) is 5.06. The van der Waals surface area contributed by atoms with Crippen molar-refractivity contribution in [3.8, 4) is 17.0 Å². The van der Waals surface area contributed by atoms with Crippen molar-refractivity contribution in [1.29, 1.82) is 0 Å². The van der Waals surface area contributed by atoms with E-state index in [9.17, 15) is 22.4 Å². The molecule has 0 saturated carbocycles. The fourth-order valence-electron chi connectivity index (χ4n) is 2.16. The molecule has 5 nitrogen and oxygen atoms in total. The van der Waals surface area contributed by atoms with Crippen LogP contribution in [0, 0.1) is 5.82 Å². The molecule has 0 amide bonds. The van der Waals surface area contributed by atoms with Gasteiger partial charge in [-0.15, -0.1) is 13.2 Å². The lowest BCUT2D eigenvalue weighted by atomic mass is 10.1. The summed E-state index contributed by atoms with van der Waals surface area (Å²) in [5, 5.41) is 2.34. The quantitative estimate of drug-likeness (QED) is 0.549. The molecule has 0 saturated heterocycles. The van der Waals surface area contributed by atoms with Gasteiger partial charge in [0.1, 0.15) is 17.1 Å². The van der Waals surface area contributed by atoms with Crippen LogP contribution in [-0.4, -0.2) is 17.7 Å². The minimum atomic E-state index is -4.79. The number of hydrogen-bond donors (Lipinski definition) is 1. The van der Waals surface area contributed by atoms with Crippen molar-refractivity contribution in [2.75, 3.05) is 0 Å². The molecule has 0 aliphatic rings. The highest BCUT2D eigenvalue weighted by atomic mass is 19.4. The van der Waals surface area contributed by atoms with Crippen LogP contribution in [0.1, 0.15) is 5.56 Å². The number of hydrogen-bond acceptors (Lipinski definition) is 4. The molecule has 0 unspecified atom stereocenters. The third-order valence-electron chi connectivity index (χ3n) is 3.29. The summed E-state index contributed by atoms with van der Waals surface area (Å²) in [4.78, 5) is 15.8. The molecular weight excluding hydrogens is 356 g/mol. The van der Waals surface area contributed by atoms with Crippen molar-refractivity contribution in [2.45, 2.75) is 6.36 Å². The highest BCUT2D eigenvalue weighted by Crippen LogP contribution is 2.25. The molecule has 0 bridgehead atoms. The first-order valence-electron chi connectivity index (χ1n) is 7.20. The molecule has 26 heavy (non-hydrogen) atoms. The van der Waals surface area contributed by atoms with E-state index in [0.717, 1.165) is 18.3 Å². The van der Waals surface area contributed by atoms with Crippen LogP contribution < -0.4 is 10.4 Å². The summed E-state index contributed by atoms with van der Waals surface area (Å²) in [7, 11) is 0. The topological polar surface area (TPSA) is 67.6 Å². The van der Waals surface area contributed by atoms with Gasteiger partial charge in [-0.2, -0.15) is 0 Å². The van der Waals surface area contributed by atoms with Gasteiger partial charge in [-0.25, -0.2) is 14.3 Å². The monoisotopic (exact) mass is 366 g/mol. The van der Waals surface area contributed by atoms with Crippen LogP contribution in [0.5, 0.6) is 5.75 Å². The molecule has 3 rings (SSSR count). The maximum Gasteiger partial charge on any atom is 0.573 e. The Bertz CT molecular complexity index is 988. The van der Waals surface area contributed by atoms with Crippen LogP contribution in [-0.2, 0) is 0 Å². The lowest BCUT2D eigenvalue weighted by Crippen LogP contribution is -2.16. The van der Waals surface area contributed by atoms with E-state index in [2.05, 4.69) is 19.4 Å². The Hall–Kier alpha value is -3.36. The molecule has 1 N–H and O–H groups in total. The van der Waals surface area contributed by atoms with Crippen LogP contribution in [0.25, 0.3) is 11.3 Å². The Morgan fingerprint density at radius 1 is 1.08 bits per heavy atom. The van der Waals surface area contributed by atoms with Crippen LogP contribution >= 0.6 is 0 Å². The molecule has 1 aromatic heterocycles. The summed E-state index contributed by atoms with van der Waals surface area (Å²) >= 11 is 0. The van der Waals surface area contributed by atoms with Gasteiger partial charge in [-0.1, -0.05) is 12.1 Å². The normalized spacial score (nSPS) is 11.8. The van der Waals surface area contributed by atoms with Crippen molar-refractivity contribution < 1.29 is 26.8 Å². The van der Waals surface area contributed by atoms with E-state index < -0.39 is 23.6 Å². The molecular formula is C17H10F4N2O3. The highest BCUT2D eigenvalue weighted by Gasteiger charge is 2.30. The summed E-state index contributed by atoms with van der Waals surface area (Å²) in [6.07, 6.45) is -3.65. The van der Waals surface area contributed by atoms with Gasteiger partial charge in [0, 0.05) is 11.8 Å². The van der Waals surface area contributed by atoms with Gasteiger partial charge in [0.05, 0.1) is 11.4 Å². The summed E-state index contributed by atoms with van der Waals surface area (Å²) in [6.45, 7) is 0. The standard InChI is InChI=1S/C17H10F4N2O3/c18-14-4-2-1-3-12(14)15-13(16(24)26-23-15)9-22-10-5-7-11(8-6-10)25-17(19,20)21/h1-9,23H. The Morgan fingerprint density at radius 2 is 1.77 bits per heavy atom. The summed E-state index contributed by atoms with van der Waals surface area (Å²) in [5.41, 5.74) is -0.294. The van der Waals surface area contributed by atoms with Crippen molar-refractivity contribution in [2.24, 2.45) is 4.99 Å². The second kappa shape index (κ2) is 6.87. The minimum absolute atomic E-state index is 0.0225. The maximum absolute atomic E-state index is 13.9. The fourth-order valence-corrected chi connectivity index (χ4v) is 2.16. The largest absolute Gasteiger partial charge is 0.573 e. The first-order chi connectivity index (χ1) is 12.3. The SMILES string of the molecule is O=c1o[nH]c(-c2ccccc2F)c1C=Nc1ccc(OC(F)(F)F)cc1. The molecule has 9 heteroatoms. The Labute approximate surface area is 143 Å². The number of ether oxygens (including phenoxy) is 1. The smallest absolute Gasteiger partial charge is 0.406 e. The number of halogens is 4. The summed E-state index contributed by atoms with van der Waals surface area (Å²) < 4.78 is 58.7. The Balaban J connectivity index is 1.87. The predicted octanol–water partition coefficient (Wildman–Crippen LogP) is 4.42. The van der Waals surface area contributed by atoms with E-state index in [1.165, 1.54) is 30.3 Å². The number of aliphatic imine (C=N–C) groups is 1. The van der Waals surface area contributed by atoms with Crippen molar-refractivity contribution in [3.05, 3.63) is 70.3 Å². The third-order valence-corrected chi connectivity index (χ3v) is 3.29. The van der Waals surface area contributed by atoms with Crippen molar-refractivity contribution in [3.63, 3.8) is 0 Å². The number of nitrogens with one attached hydrogen (secondary N) is 1. The lowest BCUT2D eigenvalue weighted by Gasteiger charge is -2.08. The zero-order chi connectivity index (χ0) is 18.7. The summed E-state index contributed by atoms with van der Waals surface area (Å²) in [6, 6.07) is 10.5.